The highest BCUT2D eigenvalue weighted by Crippen LogP contribution is 2.54. The van der Waals surface area contributed by atoms with Crippen molar-refractivity contribution in [3.05, 3.63) is 88.5 Å². The Morgan fingerprint density at radius 2 is 1.83 bits per heavy atom. The Morgan fingerprint density at radius 3 is 2.48 bits per heavy atom. The van der Waals surface area contributed by atoms with Crippen molar-refractivity contribution in [1.29, 1.82) is 0 Å². The number of ketones is 1. The maximum Gasteiger partial charge on any atom is 0.417 e. The Hall–Kier alpha value is -3.99. The van der Waals surface area contributed by atoms with Crippen molar-refractivity contribution in [2.45, 2.75) is 67.5 Å². The zero-order chi connectivity index (χ0) is 34.2. The molecule has 3 aliphatic carbocycles. The minimum absolute atomic E-state index is 0.0410. The third-order valence-corrected chi connectivity index (χ3v) is 11.6. The summed E-state index contributed by atoms with van der Waals surface area (Å²) in [6.07, 6.45) is -0.476. The molecule has 252 valence electrons. The molecule has 0 radical (unpaired) electrons. The van der Waals surface area contributed by atoms with E-state index in [1.165, 1.54) is 37.5 Å². The van der Waals surface area contributed by atoms with E-state index in [4.69, 9.17) is 11.6 Å². The van der Waals surface area contributed by atoms with Crippen LogP contribution in [0.3, 0.4) is 0 Å². The van der Waals surface area contributed by atoms with Gasteiger partial charge in [-0.3, -0.25) is 14.5 Å². The molecule has 17 heteroatoms. The first kappa shape index (κ1) is 32.6. The van der Waals surface area contributed by atoms with E-state index in [-0.39, 0.29) is 36.4 Å². The fourth-order valence-corrected chi connectivity index (χ4v) is 9.09. The fraction of sp³-hybridized carbons (Fsp3) is 0.387. The van der Waals surface area contributed by atoms with Crippen LogP contribution in [0, 0.1) is 11.2 Å². The maximum atomic E-state index is 14.6. The molecule has 4 aromatic rings. The van der Waals surface area contributed by atoms with Gasteiger partial charge in [-0.1, -0.05) is 17.2 Å². The number of rotatable bonds is 7. The number of aliphatic hydroxyl groups is 1. The van der Waals surface area contributed by atoms with Gasteiger partial charge < -0.3 is 5.11 Å². The van der Waals surface area contributed by atoms with E-state index in [2.05, 4.69) is 20.2 Å². The van der Waals surface area contributed by atoms with Gasteiger partial charge in [0.25, 0.3) is 15.2 Å². The number of sulfonamides is 1. The van der Waals surface area contributed by atoms with Crippen LogP contribution >= 0.6 is 11.6 Å². The minimum Gasteiger partial charge on any atom is -0.380 e. The summed E-state index contributed by atoms with van der Waals surface area (Å²) in [6.45, 7) is 0. The summed E-state index contributed by atoms with van der Waals surface area (Å²) in [7, 11) is -3.14. The number of aromatic nitrogens is 6. The predicted octanol–water partition coefficient (Wildman–Crippen LogP) is 4.70. The summed E-state index contributed by atoms with van der Waals surface area (Å²) in [5.41, 5.74) is -1.84. The molecule has 1 N–H and O–H groups in total. The summed E-state index contributed by atoms with van der Waals surface area (Å²) in [4.78, 5) is 22.7. The van der Waals surface area contributed by atoms with Crippen molar-refractivity contribution >= 4 is 33.5 Å². The Labute approximate surface area is 276 Å². The topological polar surface area (TPSA) is 136 Å². The van der Waals surface area contributed by atoms with Gasteiger partial charge in [-0.25, -0.2) is 22.5 Å². The lowest BCUT2D eigenvalue weighted by molar-refractivity contribution is -0.297. The highest BCUT2D eigenvalue weighted by Gasteiger charge is 2.65. The molecule has 0 unspecified atom stereocenters. The molecule has 0 amide bonds. The number of allylic oxidation sites excluding steroid dienone is 1. The van der Waals surface area contributed by atoms with Crippen LogP contribution in [0.15, 0.2) is 65.8 Å². The van der Waals surface area contributed by atoms with Crippen molar-refractivity contribution in [1.82, 2.24) is 33.8 Å². The second-order valence-electron chi connectivity index (χ2n) is 12.6. The van der Waals surface area contributed by atoms with E-state index < -0.39 is 68.9 Å². The van der Waals surface area contributed by atoms with Gasteiger partial charge in [-0.15, -0.1) is 5.10 Å². The molecule has 3 aliphatic rings. The summed E-state index contributed by atoms with van der Waals surface area (Å²) >= 11 is 6.24. The highest BCUT2D eigenvalue weighted by molar-refractivity contribution is 7.89. The Bertz CT molecular complexity index is 2060. The molecule has 2 saturated carbocycles. The molecule has 3 aromatic heterocycles. The normalized spacial score (nSPS) is 25.6. The molecule has 3 heterocycles. The number of hydrogen-bond donors (Lipinski definition) is 1. The van der Waals surface area contributed by atoms with Crippen LogP contribution in [0.5, 0.6) is 0 Å². The largest absolute Gasteiger partial charge is 0.417 e. The van der Waals surface area contributed by atoms with Crippen LogP contribution in [0.4, 0.5) is 17.6 Å². The smallest absolute Gasteiger partial charge is 0.380 e. The van der Waals surface area contributed by atoms with Gasteiger partial charge in [-0.2, -0.15) is 22.6 Å². The molecule has 0 bridgehead atoms. The van der Waals surface area contributed by atoms with E-state index in [9.17, 15) is 35.9 Å². The summed E-state index contributed by atoms with van der Waals surface area (Å²) in [5, 5.41) is 18.4. The SMILES string of the molecule is Cn1cnc(S(=O)(=O)N(C2CC(O)(C(F)(F)F)C2)[C@H]2CCC3=Cc4c(cnn4-c4ccc(F)cc4)C[C@]3(C(=O)c3cc(Cl)ccn3)C2)n1. The number of halogens is 5. The first-order valence-corrected chi connectivity index (χ1v) is 16.8. The zero-order valence-electron chi connectivity index (χ0n) is 25.3. The number of alkyl halides is 3. The van der Waals surface area contributed by atoms with Crippen LogP contribution in [0.1, 0.15) is 53.8 Å². The molecule has 0 saturated heterocycles. The molecular formula is C31H28ClF4N7O4S. The molecule has 7 rings (SSSR count). The van der Waals surface area contributed by atoms with Gasteiger partial charge >= 0.3 is 6.18 Å². The molecule has 2 fully saturated rings. The second kappa shape index (κ2) is 11.3. The van der Waals surface area contributed by atoms with Gasteiger partial charge in [0.1, 0.15) is 17.8 Å². The molecule has 11 nitrogen and oxygen atoms in total. The highest BCUT2D eigenvalue weighted by atomic mass is 35.5. The number of aryl methyl sites for hydroxylation is 1. The summed E-state index contributed by atoms with van der Waals surface area (Å²) < 4.78 is 86.9. The van der Waals surface area contributed by atoms with Crippen LogP contribution in [-0.4, -0.2) is 77.0 Å². The van der Waals surface area contributed by atoms with Gasteiger partial charge in [0.15, 0.2) is 11.4 Å². The number of pyridine rings is 1. The van der Waals surface area contributed by atoms with E-state index in [1.807, 2.05) is 6.08 Å². The van der Waals surface area contributed by atoms with E-state index >= 15 is 0 Å². The van der Waals surface area contributed by atoms with Gasteiger partial charge in [0.05, 0.1) is 23.0 Å². The van der Waals surface area contributed by atoms with Crippen molar-refractivity contribution in [2.75, 3.05) is 0 Å². The number of nitrogens with zero attached hydrogens (tertiary/aromatic N) is 7. The van der Waals surface area contributed by atoms with Gasteiger partial charge in [-0.05, 0) is 73.7 Å². The fourth-order valence-electron chi connectivity index (χ4n) is 7.22. The van der Waals surface area contributed by atoms with E-state index in [1.54, 1.807) is 23.0 Å². The molecule has 0 spiro atoms. The Kier molecular flexibility index (Phi) is 7.65. The lowest BCUT2D eigenvalue weighted by Gasteiger charge is -2.53. The number of benzene rings is 1. The summed E-state index contributed by atoms with van der Waals surface area (Å²) in [6, 6.07) is 6.44. The molecule has 2 atom stereocenters. The molecule has 48 heavy (non-hydrogen) atoms. The van der Waals surface area contributed by atoms with Crippen molar-refractivity contribution in [3.63, 3.8) is 0 Å². The Morgan fingerprint density at radius 1 is 1.10 bits per heavy atom. The number of hydrogen-bond acceptors (Lipinski definition) is 8. The monoisotopic (exact) mass is 705 g/mol. The second-order valence-corrected chi connectivity index (χ2v) is 14.8. The standard InChI is InChI=1S/C31H28ClF4N7O4S/c1-41-17-38-28(40-41)48(46,47)43(24-14-30(45,15-24)31(34,35)36)23-5-2-19-10-26-18(16-39-42(26)22-6-3-21(33)4-7-22)12-29(19,13-23)27(44)25-11-20(32)8-9-37-25/h3-4,6-11,16-17,23-24,45H,2,5,12-15H2,1H3/t23-,24?,29-,30?/m0/s1. The lowest BCUT2D eigenvalue weighted by Crippen LogP contribution is -2.65. The molecular weight excluding hydrogens is 678 g/mol. The average molecular weight is 706 g/mol. The van der Waals surface area contributed by atoms with Crippen molar-refractivity contribution in [2.24, 2.45) is 12.5 Å². The van der Waals surface area contributed by atoms with Gasteiger partial charge in [0, 0.05) is 43.2 Å². The number of Topliss-reactive ketones (excluding diaryl/α,β-unsaturated/α-hetero) is 1. The number of fused-ring (bicyclic) bond motifs is 2. The maximum absolute atomic E-state index is 14.6. The summed E-state index contributed by atoms with van der Waals surface area (Å²) in [5.74, 6) is -0.856. The van der Waals surface area contributed by atoms with Crippen molar-refractivity contribution < 1.29 is 35.9 Å². The number of carbonyl (C=O) groups excluding carboxylic acids is 1. The van der Waals surface area contributed by atoms with Crippen LogP contribution in [-0.2, 0) is 23.5 Å². The van der Waals surface area contributed by atoms with Crippen LogP contribution in [0.2, 0.25) is 5.02 Å². The minimum atomic E-state index is -4.97. The third-order valence-electron chi connectivity index (χ3n) is 9.58. The first-order valence-electron chi connectivity index (χ1n) is 15.0. The molecule has 0 aliphatic heterocycles. The third kappa shape index (κ3) is 5.25. The van der Waals surface area contributed by atoms with E-state index in [0.29, 0.717) is 22.5 Å². The zero-order valence-corrected chi connectivity index (χ0v) is 26.8. The van der Waals surface area contributed by atoms with Crippen LogP contribution < -0.4 is 0 Å². The Balaban J connectivity index is 1.33. The lowest BCUT2D eigenvalue weighted by atomic mass is 9.60. The molecule has 1 aromatic carbocycles. The van der Waals surface area contributed by atoms with E-state index in [0.717, 1.165) is 15.3 Å². The quantitative estimate of drug-likeness (QED) is 0.216. The number of carbonyl (C=O) groups is 1. The van der Waals surface area contributed by atoms with Crippen molar-refractivity contribution in [3.8, 4) is 5.69 Å². The predicted molar refractivity (Wildman–Crippen MR) is 163 cm³/mol. The van der Waals surface area contributed by atoms with Gasteiger partial charge in [0.2, 0.25) is 0 Å². The first-order chi connectivity index (χ1) is 22.6. The average Bonchev–Trinajstić information content (AvgIpc) is 3.64. The van der Waals surface area contributed by atoms with Crippen LogP contribution in [0.25, 0.3) is 11.8 Å².